The average molecular weight is 267 g/mol. The number of ether oxygens (including phenoxy) is 1. The highest BCUT2D eigenvalue weighted by Crippen LogP contribution is 2.21. The largest absolute Gasteiger partial charge is 0.481 e. The van der Waals surface area contributed by atoms with Crippen LogP contribution in [0.25, 0.3) is 0 Å². The van der Waals surface area contributed by atoms with Crippen molar-refractivity contribution in [2.24, 2.45) is 0 Å². The van der Waals surface area contributed by atoms with Crippen molar-refractivity contribution in [3.05, 3.63) is 18.3 Å². The molecule has 0 aliphatic carbocycles. The van der Waals surface area contributed by atoms with Crippen molar-refractivity contribution in [1.29, 1.82) is 0 Å². The molecule has 0 aliphatic rings. The van der Waals surface area contributed by atoms with Crippen LogP contribution in [-0.4, -0.2) is 34.7 Å². The van der Waals surface area contributed by atoms with Gasteiger partial charge in [0.2, 0.25) is 5.88 Å². The molecule has 0 fully saturated rings. The fourth-order valence-electron chi connectivity index (χ4n) is 1.25. The van der Waals surface area contributed by atoms with Crippen LogP contribution in [0.4, 0.5) is 10.5 Å². The number of anilines is 1. The highest BCUT2D eigenvalue weighted by molar-refractivity contribution is 5.90. The van der Waals surface area contributed by atoms with Crippen molar-refractivity contribution in [2.75, 3.05) is 11.9 Å². The van der Waals surface area contributed by atoms with Gasteiger partial charge < -0.3 is 20.5 Å². The molecule has 0 bridgehead atoms. The zero-order valence-electron chi connectivity index (χ0n) is 10.8. The lowest BCUT2D eigenvalue weighted by Gasteiger charge is -2.13. The van der Waals surface area contributed by atoms with Crippen molar-refractivity contribution < 1.29 is 19.4 Å². The van der Waals surface area contributed by atoms with Crippen LogP contribution in [0.5, 0.6) is 5.88 Å². The molecule has 0 saturated heterocycles. The van der Waals surface area contributed by atoms with Gasteiger partial charge in [-0.25, -0.2) is 9.78 Å². The summed E-state index contributed by atoms with van der Waals surface area (Å²) in [5.74, 6) is -0.642. The van der Waals surface area contributed by atoms with Gasteiger partial charge in [0.15, 0.2) is 0 Å². The Labute approximate surface area is 111 Å². The minimum absolute atomic E-state index is 0.0573. The Morgan fingerprint density at radius 3 is 2.84 bits per heavy atom. The van der Waals surface area contributed by atoms with E-state index in [9.17, 15) is 9.59 Å². The molecule has 7 nitrogen and oxygen atoms in total. The highest BCUT2D eigenvalue weighted by Gasteiger charge is 2.09. The maximum atomic E-state index is 11.5. The van der Waals surface area contributed by atoms with Gasteiger partial charge in [-0.05, 0) is 26.0 Å². The number of aliphatic carboxylic acids is 1. The normalized spacial score (nSPS) is 10.1. The van der Waals surface area contributed by atoms with Crippen molar-refractivity contribution in [3.8, 4) is 5.88 Å². The molecule has 0 aliphatic heterocycles. The molecule has 3 N–H and O–H groups in total. The van der Waals surface area contributed by atoms with E-state index in [0.29, 0.717) is 11.6 Å². The second-order valence-corrected chi connectivity index (χ2v) is 4.05. The molecule has 0 saturated carbocycles. The number of carbonyl (C=O) groups excluding carboxylic acids is 1. The maximum absolute atomic E-state index is 11.5. The van der Waals surface area contributed by atoms with E-state index < -0.39 is 12.0 Å². The number of amides is 2. The third-order valence-corrected chi connectivity index (χ3v) is 1.99. The molecular formula is C12H17N3O4. The molecule has 1 heterocycles. The van der Waals surface area contributed by atoms with Crippen molar-refractivity contribution in [3.63, 3.8) is 0 Å². The smallest absolute Gasteiger partial charge is 0.319 e. The van der Waals surface area contributed by atoms with Gasteiger partial charge in [0.25, 0.3) is 0 Å². The molecular weight excluding hydrogens is 250 g/mol. The molecule has 2 amide bonds. The lowest BCUT2D eigenvalue weighted by Crippen LogP contribution is -2.30. The Morgan fingerprint density at radius 2 is 2.21 bits per heavy atom. The first-order chi connectivity index (χ1) is 8.99. The van der Waals surface area contributed by atoms with Crippen LogP contribution in [-0.2, 0) is 4.79 Å². The molecule has 0 aromatic carbocycles. The number of rotatable bonds is 6. The Balaban J connectivity index is 2.56. The monoisotopic (exact) mass is 267 g/mol. The number of hydrogen-bond acceptors (Lipinski definition) is 4. The van der Waals surface area contributed by atoms with Crippen molar-refractivity contribution >= 4 is 17.7 Å². The van der Waals surface area contributed by atoms with Crippen LogP contribution in [0.3, 0.4) is 0 Å². The lowest BCUT2D eigenvalue weighted by atomic mass is 10.4. The van der Waals surface area contributed by atoms with Gasteiger partial charge >= 0.3 is 12.0 Å². The van der Waals surface area contributed by atoms with E-state index in [0.717, 1.165) is 0 Å². The molecule has 1 aromatic rings. The molecule has 0 unspecified atom stereocenters. The van der Waals surface area contributed by atoms with Gasteiger partial charge in [-0.1, -0.05) is 0 Å². The highest BCUT2D eigenvalue weighted by atomic mass is 16.5. The number of nitrogens with one attached hydrogen (secondary N) is 2. The van der Waals surface area contributed by atoms with E-state index in [4.69, 9.17) is 9.84 Å². The lowest BCUT2D eigenvalue weighted by molar-refractivity contribution is -0.136. The van der Waals surface area contributed by atoms with Crippen LogP contribution in [0.1, 0.15) is 20.3 Å². The summed E-state index contributed by atoms with van der Waals surface area (Å²) >= 11 is 0. The van der Waals surface area contributed by atoms with Crippen LogP contribution in [0, 0.1) is 0 Å². The average Bonchev–Trinajstić information content (AvgIpc) is 2.30. The predicted octanol–water partition coefficient (Wildman–Crippen LogP) is 1.46. The topological polar surface area (TPSA) is 101 Å². The van der Waals surface area contributed by atoms with Crippen molar-refractivity contribution in [2.45, 2.75) is 26.4 Å². The molecule has 104 valence electrons. The third kappa shape index (κ3) is 5.71. The van der Waals surface area contributed by atoms with E-state index in [1.165, 1.54) is 0 Å². The molecule has 1 rings (SSSR count). The number of carboxylic acid groups (broad SMARTS) is 1. The molecule has 0 spiro atoms. The fourth-order valence-corrected chi connectivity index (χ4v) is 1.25. The summed E-state index contributed by atoms with van der Waals surface area (Å²) in [6.07, 6.45) is 1.37. The second kappa shape index (κ2) is 7.20. The number of hydrogen-bond donors (Lipinski definition) is 3. The van der Waals surface area contributed by atoms with Gasteiger partial charge in [0, 0.05) is 12.7 Å². The van der Waals surface area contributed by atoms with Crippen LogP contribution in [0.2, 0.25) is 0 Å². The summed E-state index contributed by atoms with van der Waals surface area (Å²) in [7, 11) is 0. The summed E-state index contributed by atoms with van der Waals surface area (Å²) in [5, 5.41) is 13.4. The SMILES string of the molecule is CC(C)Oc1ncccc1NC(=O)NCCC(=O)O. The summed E-state index contributed by atoms with van der Waals surface area (Å²) in [5.41, 5.74) is 0.434. The van der Waals surface area contributed by atoms with Crippen LogP contribution >= 0.6 is 0 Å². The van der Waals surface area contributed by atoms with E-state index in [1.54, 1.807) is 18.3 Å². The Bertz CT molecular complexity index is 448. The van der Waals surface area contributed by atoms with E-state index in [2.05, 4.69) is 15.6 Å². The fraction of sp³-hybridized carbons (Fsp3) is 0.417. The van der Waals surface area contributed by atoms with Gasteiger partial charge in [0.1, 0.15) is 5.69 Å². The number of nitrogens with zero attached hydrogens (tertiary/aromatic N) is 1. The van der Waals surface area contributed by atoms with Crippen LogP contribution in [0.15, 0.2) is 18.3 Å². The zero-order valence-corrected chi connectivity index (χ0v) is 10.8. The predicted molar refractivity (Wildman–Crippen MR) is 69.3 cm³/mol. The van der Waals surface area contributed by atoms with E-state index >= 15 is 0 Å². The summed E-state index contributed by atoms with van der Waals surface area (Å²) < 4.78 is 5.44. The number of aromatic nitrogens is 1. The molecule has 0 radical (unpaired) electrons. The number of urea groups is 1. The second-order valence-electron chi connectivity index (χ2n) is 4.05. The van der Waals surface area contributed by atoms with Gasteiger partial charge in [-0.15, -0.1) is 0 Å². The quantitative estimate of drug-likeness (QED) is 0.724. The van der Waals surface area contributed by atoms with E-state index in [-0.39, 0.29) is 19.1 Å². The molecule has 7 heteroatoms. The maximum Gasteiger partial charge on any atom is 0.319 e. The van der Waals surface area contributed by atoms with Gasteiger partial charge in [0.05, 0.1) is 12.5 Å². The van der Waals surface area contributed by atoms with Gasteiger partial charge in [-0.3, -0.25) is 4.79 Å². The van der Waals surface area contributed by atoms with Crippen LogP contribution < -0.4 is 15.4 Å². The Kier molecular flexibility index (Phi) is 5.59. The Hall–Kier alpha value is -2.31. The summed E-state index contributed by atoms with van der Waals surface area (Å²) in [6, 6.07) is 2.82. The summed E-state index contributed by atoms with van der Waals surface area (Å²) in [4.78, 5) is 25.9. The first-order valence-electron chi connectivity index (χ1n) is 5.87. The number of pyridine rings is 1. The number of carboxylic acids is 1. The first-order valence-corrected chi connectivity index (χ1v) is 5.87. The standard InChI is InChI=1S/C12H17N3O4/c1-8(2)19-11-9(4-3-6-13-11)15-12(18)14-7-5-10(16)17/h3-4,6,8H,5,7H2,1-2H3,(H,16,17)(H2,14,15,18). The third-order valence-electron chi connectivity index (χ3n) is 1.99. The van der Waals surface area contributed by atoms with E-state index in [1.807, 2.05) is 13.8 Å². The molecule has 0 atom stereocenters. The Morgan fingerprint density at radius 1 is 1.47 bits per heavy atom. The number of carbonyl (C=O) groups is 2. The zero-order chi connectivity index (χ0) is 14.3. The summed E-state index contributed by atoms with van der Waals surface area (Å²) in [6.45, 7) is 3.76. The molecule has 1 aromatic heterocycles. The minimum atomic E-state index is -0.967. The minimum Gasteiger partial charge on any atom is -0.481 e. The first kappa shape index (κ1) is 14.7. The van der Waals surface area contributed by atoms with Crippen molar-refractivity contribution in [1.82, 2.24) is 10.3 Å². The van der Waals surface area contributed by atoms with Gasteiger partial charge in [-0.2, -0.15) is 0 Å². The molecule has 19 heavy (non-hydrogen) atoms.